The lowest BCUT2D eigenvalue weighted by Crippen LogP contribution is -2.33. The number of hydrogen-bond donors (Lipinski definition) is 0. The largest absolute Gasteiger partial charge is 0.418 e. The van der Waals surface area contributed by atoms with Crippen molar-refractivity contribution in [3.63, 3.8) is 0 Å². The van der Waals surface area contributed by atoms with Crippen LogP contribution in [0, 0.1) is 0 Å². The molecule has 9 heteroatoms. The average Bonchev–Trinajstić information content (AvgIpc) is 2.79. The molecule has 0 radical (unpaired) electrons. The maximum Gasteiger partial charge on any atom is 0.418 e. The quantitative estimate of drug-likeness (QED) is 0.788. The van der Waals surface area contributed by atoms with E-state index in [4.69, 9.17) is 0 Å². The molecule has 0 fully saturated rings. The van der Waals surface area contributed by atoms with Crippen molar-refractivity contribution < 1.29 is 32.4 Å². The number of rotatable bonds is 2. The predicted molar refractivity (Wildman–Crippen MR) is 71.6 cm³/mol. The molecule has 0 spiro atoms. The minimum atomic E-state index is -4.84. The van der Waals surface area contributed by atoms with Crippen molar-refractivity contribution in [2.24, 2.45) is 0 Å². The molecule has 3 rings (SSSR count). The molecule has 0 bridgehead atoms. The van der Waals surface area contributed by atoms with Crippen LogP contribution < -0.4 is 0 Å². The van der Waals surface area contributed by atoms with Crippen molar-refractivity contribution >= 4 is 17.8 Å². The van der Waals surface area contributed by atoms with Crippen LogP contribution in [0.3, 0.4) is 0 Å². The summed E-state index contributed by atoms with van der Waals surface area (Å²) in [7, 11) is 0. The lowest BCUT2D eigenvalue weighted by molar-refractivity contribution is -0.138. The normalized spacial score (nSPS) is 13.9. The van der Waals surface area contributed by atoms with Gasteiger partial charge in [0, 0.05) is 6.20 Å². The van der Waals surface area contributed by atoms with Crippen LogP contribution in [0.25, 0.3) is 0 Å². The third-order valence-electron chi connectivity index (χ3n) is 3.24. The zero-order valence-corrected chi connectivity index (χ0v) is 11.7. The molecule has 122 valence electrons. The molecule has 0 N–H and O–H groups in total. The van der Waals surface area contributed by atoms with E-state index in [0.29, 0.717) is 6.07 Å². The van der Waals surface area contributed by atoms with Gasteiger partial charge in [0.1, 0.15) is 0 Å². The fourth-order valence-electron chi connectivity index (χ4n) is 2.17. The van der Waals surface area contributed by atoms with Gasteiger partial charge >= 0.3 is 12.1 Å². The topological polar surface area (TPSA) is 76.6 Å². The summed E-state index contributed by atoms with van der Waals surface area (Å²) in [5.74, 6) is -3.43. The Morgan fingerprint density at radius 1 is 1.00 bits per heavy atom. The average molecular weight is 336 g/mol. The molecule has 0 saturated carbocycles. The Bertz CT molecular complexity index is 829. The lowest BCUT2D eigenvalue weighted by atomic mass is 10.1. The Labute approximate surface area is 132 Å². The number of carbonyl (C=O) groups excluding carboxylic acids is 3. The summed E-state index contributed by atoms with van der Waals surface area (Å²) in [6, 6.07) is 7.32. The summed E-state index contributed by atoms with van der Waals surface area (Å²) in [6.07, 6.45) is -3.88. The molecule has 0 unspecified atom stereocenters. The first-order valence-corrected chi connectivity index (χ1v) is 6.53. The van der Waals surface area contributed by atoms with E-state index < -0.39 is 35.2 Å². The molecule has 1 aromatic heterocycles. The maximum atomic E-state index is 12.9. The summed E-state index contributed by atoms with van der Waals surface area (Å²) < 4.78 is 38.7. The Hall–Kier alpha value is -3.23. The fraction of sp³-hybridized carbons (Fsp3) is 0.0667. The number of hydroxylamine groups is 2. The molecule has 2 amide bonds. The highest BCUT2D eigenvalue weighted by atomic mass is 19.4. The van der Waals surface area contributed by atoms with E-state index in [1.54, 1.807) is 0 Å². The molecule has 6 nitrogen and oxygen atoms in total. The van der Waals surface area contributed by atoms with Gasteiger partial charge in [0.25, 0.3) is 11.8 Å². The molecule has 1 aliphatic heterocycles. The van der Waals surface area contributed by atoms with Gasteiger partial charge in [0.15, 0.2) is 5.69 Å². The first-order valence-electron chi connectivity index (χ1n) is 6.53. The third kappa shape index (κ3) is 2.49. The van der Waals surface area contributed by atoms with Gasteiger partial charge in [-0.15, -0.1) is 0 Å². The van der Waals surface area contributed by atoms with E-state index in [9.17, 15) is 27.6 Å². The number of aromatic nitrogens is 1. The van der Waals surface area contributed by atoms with Gasteiger partial charge in [-0.1, -0.05) is 17.2 Å². The van der Waals surface area contributed by atoms with Crippen LogP contribution in [0.5, 0.6) is 0 Å². The van der Waals surface area contributed by atoms with Crippen LogP contribution in [-0.2, 0) is 11.0 Å². The van der Waals surface area contributed by atoms with Gasteiger partial charge in [-0.3, -0.25) is 9.59 Å². The second kappa shape index (κ2) is 5.44. The SMILES string of the molecule is O=C(ON1C(=O)c2ccccc2C1=O)c1ncccc1C(F)(F)F. The van der Waals surface area contributed by atoms with E-state index in [1.807, 2.05) is 0 Å². The Kier molecular flexibility index (Phi) is 3.55. The van der Waals surface area contributed by atoms with E-state index in [1.165, 1.54) is 24.3 Å². The Morgan fingerprint density at radius 2 is 1.58 bits per heavy atom. The molecule has 2 aromatic rings. The molecule has 0 atom stereocenters. The fourth-order valence-corrected chi connectivity index (χ4v) is 2.17. The van der Waals surface area contributed by atoms with Crippen molar-refractivity contribution in [1.29, 1.82) is 0 Å². The number of nitrogens with zero attached hydrogens (tertiary/aromatic N) is 2. The number of alkyl halides is 3. The number of halogens is 3. The number of fused-ring (bicyclic) bond motifs is 1. The van der Waals surface area contributed by atoms with Gasteiger partial charge in [-0.2, -0.15) is 13.2 Å². The minimum absolute atomic E-state index is 0.00707. The number of imide groups is 1. The van der Waals surface area contributed by atoms with E-state index in [0.717, 1.165) is 12.3 Å². The highest BCUT2D eigenvalue weighted by Crippen LogP contribution is 2.31. The third-order valence-corrected chi connectivity index (χ3v) is 3.24. The van der Waals surface area contributed by atoms with E-state index >= 15 is 0 Å². The molecular weight excluding hydrogens is 329 g/mol. The first-order chi connectivity index (χ1) is 11.3. The van der Waals surface area contributed by atoms with Crippen molar-refractivity contribution in [2.45, 2.75) is 6.18 Å². The van der Waals surface area contributed by atoms with Crippen molar-refractivity contribution in [1.82, 2.24) is 10.0 Å². The van der Waals surface area contributed by atoms with Crippen molar-refractivity contribution in [2.75, 3.05) is 0 Å². The second-order valence-electron chi connectivity index (χ2n) is 4.73. The monoisotopic (exact) mass is 336 g/mol. The molecule has 2 heterocycles. The molecule has 1 aliphatic rings. The number of pyridine rings is 1. The van der Waals surface area contributed by atoms with Crippen LogP contribution >= 0.6 is 0 Å². The van der Waals surface area contributed by atoms with Crippen LogP contribution in [-0.4, -0.2) is 27.8 Å². The van der Waals surface area contributed by atoms with Gasteiger partial charge < -0.3 is 4.84 Å². The molecule has 24 heavy (non-hydrogen) atoms. The summed E-state index contributed by atoms with van der Waals surface area (Å²) in [5.41, 5.74) is -2.38. The van der Waals surface area contributed by atoms with E-state index in [2.05, 4.69) is 9.82 Å². The minimum Gasteiger partial charge on any atom is -0.322 e. The summed E-state index contributed by atoms with van der Waals surface area (Å²) in [4.78, 5) is 44.0. The first kappa shape index (κ1) is 15.7. The van der Waals surface area contributed by atoms with Crippen molar-refractivity contribution in [3.8, 4) is 0 Å². The number of carbonyl (C=O) groups is 3. The van der Waals surface area contributed by atoms with Crippen molar-refractivity contribution in [3.05, 3.63) is 65.0 Å². The van der Waals surface area contributed by atoms with Crippen LogP contribution in [0.15, 0.2) is 42.6 Å². The highest BCUT2D eigenvalue weighted by Gasteiger charge is 2.41. The van der Waals surface area contributed by atoms with Crippen LogP contribution in [0.4, 0.5) is 13.2 Å². The molecular formula is C15H7F3N2O4. The predicted octanol–water partition coefficient (Wildman–Crippen LogP) is 2.47. The lowest BCUT2D eigenvalue weighted by Gasteiger charge is -2.14. The van der Waals surface area contributed by atoms with Gasteiger partial charge in [0.05, 0.1) is 16.7 Å². The zero-order chi connectivity index (χ0) is 17.5. The second-order valence-corrected chi connectivity index (χ2v) is 4.73. The summed E-state index contributed by atoms with van der Waals surface area (Å²) in [5, 5.41) is 0.127. The van der Waals surface area contributed by atoms with Crippen LogP contribution in [0.1, 0.15) is 36.8 Å². The zero-order valence-electron chi connectivity index (χ0n) is 11.7. The molecule has 0 aliphatic carbocycles. The Morgan fingerprint density at radius 3 is 2.12 bits per heavy atom. The standard InChI is InChI=1S/C15H7F3N2O4/c16-15(17,18)10-6-3-7-19-11(10)14(23)24-20-12(21)8-4-1-2-5-9(8)13(20)22/h1-7H. The smallest absolute Gasteiger partial charge is 0.322 e. The maximum absolute atomic E-state index is 12.9. The van der Waals surface area contributed by atoms with E-state index in [-0.39, 0.29) is 16.2 Å². The van der Waals surface area contributed by atoms with Crippen LogP contribution in [0.2, 0.25) is 0 Å². The highest BCUT2D eigenvalue weighted by molar-refractivity contribution is 6.21. The van der Waals surface area contributed by atoms with Gasteiger partial charge in [-0.25, -0.2) is 9.78 Å². The molecule has 1 aromatic carbocycles. The number of hydrogen-bond acceptors (Lipinski definition) is 5. The molecule has 0 saturated heterocycles. The van der Waals surface area contributed by atoms with Gasteiger partial charge in [-0.05, 0) is 24.3 Å². The van der Waals surface area contributed by atoms with Gasteiger partial charge in [0.2, 0.25) is 0 Å². The summed E-state index contributed by atoms with van der Waals surface area (Å²) in [6.45, 7) is 0. The summed E-state index contributed by atoms with van der Waals surface area (Å²) >= 11 is 0. The number of benzene rings is 1. The number of amides is 2. The Balaban J connectivity index is 1.90.